The second-order valence-corrected chi connectivity index (χ2v) is 15.2. The molecule has 10 aromatic rings. The Morgan fingerprint density at radius 3 is 1.30 bits per heavy atom. The van der Waals surface area contributed by atoms with Crippen molar-refractivity contribution in [2.75, 3.05) is 4.90 Å². The molecule has 12 rings (SSSR count). The van der Waals surface area contributed by atoms with Gasteiger partial charge in [0.2, 0.25) is 0 Å². The molecule has 1 heterocycles. The van der Waals surface area contributed by atoms with Gasteiger partial charge in [0.05, 0.1) is 11.1 Å². The van der Waals surface area contributed by atoms with Crippen molar-refractivity contribution in [3.8, 4) is 44.5 Å². The predicted octanol–water partition coefficient (Wildman–Crippen LogP) is 14.7. The van der Waals surface area contributed by atoms with Crippen molar-refractivity contribution in [3.05, 3.63) is 235 Å². The van der Waals surface area contributed by atoms with E-state index in [0.717, 1.165) is 39.0 Å². The van der Waals surface area contributed by atoms with Crippen molar-refractivity contribution in [2.45, 2.75) is 5.41 Å². The Labute approximate surface area is 331 Å². The van der Waals surface area contributed by atoms with Crippen LogP contribution < -0.4 is 4.90 Å². The van der Waals surface area contributed by atoms with Gasteiger partial charge >= 0.3 is 0 Å². The summed E-state index contributed by atoms with van der Waals surface area (Å²) >= 11 is 0. The van der Waals surface area contributed by atoms with E-state index < -0.39 is 5.41 Å². The van der Waals surface area contributed by atoms with Gasteiger partial charge in [-0.1, -0.05) is 176 Å². The van der Waals surface area contributed by atoms with Crippen LogP contribution in [0.2, 0.25) is 0 Å². The Balaban J connectivity index is 1.23. The zero-order chi connectivity index (χ0) is 37.5. The zero-order valence-electron chi connectivity index (χ0n) is 31.1. The van der Waals surface area contributed by atoms with Crippen LogP contribution in [0.5, 0.6) is 0 Å². The van der Waals surface area contributed by atoms with Gasteiger partial charge in [-0.25, -0.2) is 0 Å². The molecule has 0 aliphatic heterocycles. The molecular formula is C55H35NO. The molecular weight excluding hydrogens is 691 g/mol. The largest absolute Gasteiger partial charge is 0.454 e. The highest BCUT2D eigenvalue weighted by Crippen LogP contribution is 2.66. The van der Waals surface area contributed by atoms with Crippen molar-refractivity contribution < 1.29 is 4.42 Å². The summed E-state index contributed by atoms with van der Waals surface area (Å²) < 4.78 is 7.15. The van der Waals surface area contributed by atoms with Gasteiger partial charge in [-0.15, -0.1) is 0 Å². The summed E-state index contributed by atoms with van der Waals surface area (Å²) in [6.45, 7) is 0. The monoisotopic (exact) mass is 725 g/mol. The highest BCUT2D eigenvalue weighted by molar-refractivity contribution is 6.16. The second-order valence-electron chi connectivity index (χ2n) is 15.2. The van der Waals surface area contributed by atoms with Gasteiger partial charge in [-0.3, -0.25) is 0 Å². The highest BCUT2D eigenvalue weighted by Gasteiger charge is 2.54. The summed E-state index contributed by atoms with van der Waals surface area (Å²) in [6, 6.07) is 77.3. The quantitative estimate of drug-likeness (QED) is 0.176. The van der Waals surface area contributed by atoms with Crippen molar-refractivity contribution in [1.29, 1.82) is 0 Å². The number of benzene rings is 9. The minimum absolute atomic E-state index is 0.589. The second kappa shape index (κ2) is 12.3. The van der Waals surface area contributed by atoms with Crippen LogP contribution in [0.1, 0.15) is 22.3 Å². The number of fused-ring (bicyclic) bond motifs is 13. The smallest absolute Gasteiger partial charge is 0.159 e. The van der Waals surface area contributed by atoms with Crippen LogP contribution in [0.15, 0.2) is 217 Å². The summed E-state index contributed by atoms with van der Waals surface area (Å²) in [6.07, 6.45) is 0. The third-order valence-corrected chi connectivity index (χ3v) is 12.3. The molecule has 2 nitrogen and oxygen atoms in total. The lowest BCUT2D eigenvalue weighted by Crippen LogP contribution is -2.28. The fraction of sp³-hybridized carbons (Fsp3) is 0.0182. The van der Waals surface area contributed by atoms with Gasteiger partial charge in [-0.05, 0) is 97.6 Å². The predicted molar refractivity (Wildman–Crippen MR) is 236 cm³/mol. The molecule has 1 spiro atoms. The molecule has 266 valence electrons. The first-order valence-electron chi connectivity index (χ1n) is 19.7. The average Bonchev–Trinajstić information content (AvgIpc) is 3.91. The van der Waals surface area contributed by atoms with Gasteiger partial charge in [0.25, 0.3) is 0 Å². The van der Waals surface area contributed by atoms with Crippen molar-refractivity contribution in [2.24, 2.45) is 0 Å². The van der Waals surface area contributed by atoms with Crippen LogP contribution in [0.3, 0.4) is 0 Å². The number of hydrogen-bond donors (Lipinski definition) is 0. The van der Waals surface area contributed by atoms with Crippen LogP contribution in [-0.4, -0.2) is 0 Å². The van der Waals surface area contributed by atoms with Crippen molar-refractivity contribution >= 4 is 39.0 Å². The number of nitrogens with zero attached hydrogens (tertiary/aromatic N) is 1. The SMILES string of the molecule is c1ccc(-c2ccc(N(c3ccc(-c4ccccc4)cc3)c3c4c(cc5c3oc3ccccc35)-c3ccccc3C43c4ccccc4-c4ccccc43)cc2)cc1. The summed E-state index contributed by atoms with van der Waals surface area (Å²) in [5, 5.41) is 2.22. The average molecular weight is 726 g/mol. The summed E-state index contributed by atoms with van der Waals surface area (Å²) in [5.41, 5.74) is 19.3. The first-order chi connectivity index (χ1) is 28.3. The Morgan fingerprint density at radius 1 is 0.351 bits per heavy atom. The van der Waals surface area contributed by atoms with E-state index in [1.807, 2.05) is 0 Å². The maximum atomic E-state index is 7.15. The molecule has 57 heavy (non-hydrogen) atoms. The maximum Gasteiger partial charge on any atom is 0.159 e. The Bertz CT molecular complexity index is 3030. The zero-order valence-corrected chi connectivity index (χ0v) is 31.1. The third kappa shape index (κ3) is 4.53. The van der Waals surface area contributed by atoms with Gasteiger partial charge in [0.1, 0.15) is 5.58 Å². The maximum absolute atomic E-state index is 7.15. The summed E-state index contributed by atoms with van der Waals surface area (Å²) in [7, 11) is 0. The molecule has 1 aromatic heterocycles. The lowest BCUT2D eigenvalue weighted by Gasteiger charge is -2.36. The van der Waals surface area contributed by atoms with E-state index >= 15 is 0 Å². The van der Waals surface area contributed by atoms with Gasteiger partial charge < -0.3 is 9.32 Å². The van der Waals surface area contributed by atoms with E-state index in [1.165, 1.54) is 66.8 Å². The fourth-order valence-corrected chi connectivity index (χ4v) is 9.90. The number of anilines is 3. The van der Waals surface area contributed by atoms with Crippen LogP contribution in [0.4, 0.5) is 17.1 Å². The number of furan rings is 1. The van der Waals surface area contributed by atoms with Gasteiger partial charge in [0.15, 0.2) is 5.58 Å². The molecule has 9 aromatic carbocycles. The first-order valence-corrected chi connectivity index (χ1v) is 19.7. The normalized spacial score (nSPS) is 13.1. The van der Waals surface area contributed by atoms with Crippen LogP contribution in [-0.2, 0) is 5.41 Å². The van der Waals surface area contributed by atoms with Crippen LogP contribution in [0.25, 0.3) is 66.4 Å². The lowest BCUT2D eigenvalue weighted by atomic mass is 9.69. The summed E-state index contributed by atoms with van der Waals surface area (Å²) in [4.78, 5) is 2.46. The standard InChI is InChI=1S/C55H35NO/c1-3-15-36(16-4-1)38-27-31-40(32-28-38)56(41-33-29-39(30-34-41)37-17-5-2-6-18-37)53-52-46(35-47-45-22-10-14-26-51(45)57-54(47)53)44-21-9-13-25-50(44)55(52)48-23-11-7-19-42(48)43-20-8-12-24-49(43)55/h1-35H. The molecule has 0 fully saturated rings. The molecule has 0 radical (unpaired) electrons. The molecule has 2 heteroatoms. The number of rotatable bonds is 5. The molecule has 0 unspecified atom stereocenters. The fourth-order valence-electron chi connectivity index (χ4n) is 9.90. The van der Waals surface area contributed by atoms with E-state index in [9.17, 15) is 0 Å². The number of para-hydroxylation sites is 1. The van der Waals surface area contributed by atoms with Crippen molar-refractivity contribution in [1.82, 2.24) is 0 Å². The molecule has 0 bridgehead atoms. The van der Waals surface area contributed by atoms with Crippen molar-refractivity contribution in [3.63, 3.8) is 0 Å². The third-order valence-electron chi connectivity index (χ3n) is 12.3. The Morgan fingerprint density at radius 2 is 0.772 bits per heavy atom. The van der Waals surface area contributed by atoms with E-state index in [1.54, 1.807) is 0 Å². The van der Waals surface area contributed by atoms with Gasteiger partial charge in [-0.2, -0.15) is 0 Å². The molecule has 0 saturated carbocycles. The molecule has 0 saturated heterocycles. The van der Waals surface area contributed by atoms with Crippen LogP contribution in [0, 0.1) is 0 Å². The highest BCUT2D eigenvalue weighted by atomic mass is 16.3. The van der Waals surface area contributed by atoms with E-state index in [2.05, 4.69) is 217 Å². The molecule has 0 atom stereocenters. The van der Waals surface area contributed by atoms with E-state index in [0.29, 0.717) is 0 Å². The molecule has 2 aliphatic carbocycles. The summed E-state index contributed by atoms with van der Waals surface area (Å²) in [5.74, 6) is 0. The Kier molecular flexibility index (Phi) is 6.88. The minimum Gasteiger partial charge on any atom is -0.454 e. The number of hydrogen-bond acceptors (Lipinski definition) is 2. The first kappa shape index (κ1) is 31.9. The van der Waals surface area contributed by atoms with E-state index in [-0.39, 0.29) is 0 Å². The topological polar surface area (TPSA) is 16.4 Å². The molecule has 0 amide bonds. The molecule has 2 aliphatic rings. The Hall–Kier alpha value is -7.42. The van der Waals surface area contributed by atoms with Crippen LogP contribution >= 0.6 is 0 Å². The lowest BCUT2D eigenvalue weighted by molar-refractivity contribution is 0.667. The minimum atomic E-state index is -0.589. The van der Waals surface area contributed by atoms with E-state index in [4.69, 9.17) is 4.42 Å². The molecule has 0 N–H and O–H groups in total. The van der Waals surface area contributed by atoms with Gasteiger partial charge in [0, 0.05) is 27.7 Å².